The molecule has 35 heavy (non-hydrogen) atoms. The van der Waals surface area contributed by atoms with Crippen LogP contribution in [0, 0.1) is 0 Å². The van der Waals surface area contributed by atoms with Crippen LogP contribution in [0.4, 0.5) is 17.1 Å². The number of benzene rings is 3. The molecule has 3 aromatic rings. The van der Waals surface area contributed by atoms with Gasteiger partial charge >= 0.3 is 0 Å². The van der Waals surface area contributed by atoms with E-state index in [1.54, 1.807) is 48.5 Å². The molecule has 1 fully saturated rings. The number of halogens is 1. The van der Waals surface area contributed by atoms with Gasteiger partial charge in [-0.3, -0.25) is 19.3 Å². The molecule has 0 bridgehead atoms. The number of aliphatic hydroxyl groups excluding tert-OH is 1. The van der Waals surface area contributed by atoms with Crippen LogP contribution in [-0.4, -0.2) is 36.8 Å². The van der Waals surface area contributed by atoms with Crippen molar-refractivity contribution in [1.82, 2.24) is 0 Å². The van der Waals surface area contributed by atoms with E-state index in [0.29, 0.717) is 27.5 Å². The zero-order chi connectivity index (χ0) is 25.3. The van der Waals surface area contributed by atoms with Crippen LogP contribution in [0.1, 0.15) is 24.1 Å². The molecule has 0 saturated carbocycles. The van der Waals surface area contributed by atoms with Crippen molar-refractivity contribution in [2.75, 3.05) is 29.2 Å². The van der Waals surface area contributed by atoms with Crippen molar-refractivity contribution in [2.24, 2.45) is 0 Å². The Kier molecular flexibility index (Phi) is 6.62. The lowest BCUT2D eigenvalue weighted by atomic mass is 9.95. The van der Waals surface area contributed by atoms with Crippen molar-refractivity contribution in [2.45, 2.75) is 13.0 Å². The van der Waals surface area contributed by atoms with Gasteiger partial charge in [0.2, 0.25) is 5.91 Å². The maximum Gasteiger partial charge on any atom is 0.300 e. The van der Waals surface area contributed by atoms with Gasteiger partial charge in [0, 0.05) is 48.7 Å². The van der Waals surface area contributed by atoms with Crippen LogP contribution in [0.2, 0.25) is 5.02 Å². The Morgan fingerprint density at radius 3 is 2.23 bits per heavy atom. The molecule has 1 unspecified atom stereocenters. The van der Waals surface area contributed by atoms with Gasteiger partial charge in [-0.25, -0.2) is 0 Å². The topological polar surface area (TPSA) is 90.0 Å². The largest absolute Gasteiger partial charge is 0.507 e. The molecule has 178 valence electrons. The summed E-state index contributed by atoms with van der Waals surface area (Å²) in [7, 11) is 3.83. The highest BCUT2D eigenvalue weighted by Gasteiger charge is 2.47. The summed E-state index contributed by atoms with van der Waals surface area (Å²) in [4.78, 5) is 41.2. The highest BCUT2D eigenvalue weighted by Crippen LogP contribution is 2.42. The highest BCUT2D eigenvalue weighted by molar-refractivity contribution is 6.51. The van der Waals surface area contributed by atoms with Gasteiger partial charge in [-0.1, -0.05) is 35.9 Å². The third-order valence-corrected chi connectivity index (χ3v) is 5.97. The van der Waals surface area contributed by atoms with Gasteiger partial charge in [0.25, 0.3) is 11.7 Å². The number of Topliss-reactive ketones (excluding diaryl/α,β-unsaturated/α-hetero) is 1. The van der Waals surface area contributed by atoms with Gasteiger partial charge in [0.15, 0.2) is 0 Å². The lowest BCUT2D eigenvalue weighted by Crippen LogP contribution is -2.29. The number of carbonyl (C=O) groups excluding carboxylic acids is 3. The summed E-state index contributed by atoms with van der Waals surface area (Å²) in [6, 6.07) is 19.7. The predicted octanol–water partition coefficient (Wildman–Crippen LogP) is 4.99. The number of nitrogens with one attached hydrogen (secondary N) is 1. The molecule has 0 aliphatic carbocycles. The van der Waals surface area contributed by atoms with E-state index in [2.05, 4.69) is 5.32 Å². The van der Waals surface area contributed by atoms with E-state index >= 15 is 0 Å². The third-order valence-electron chi connectivity index (χ3n) is 5.73. The fraction of sp³-hybridized carbons (Fsp3) is 0.148. The summed E-state index contributed by atoms with van der Waals surface area (Å²) in [5.41, 5.74) is 2.92. The molecule has 7 nitrogen and oxygen atoms in total. The Hall–Kier alpha value is -4.10. The minimum atomic E-state index is -0.864. The van der Waals surface area contributed by atoms with Crippen LogP contribution in [-0.2, 0) is 14.4 Å². The number of nitrogens with zero attached hydrogens (tertiary/aromatic N) is 2. The molecule has 2 amide bonds. The van der Waals surface area contributed by atoms with Crippen molar-refractivity contribution < 1.29 is 19.5 Å². The van der Waals surface area contributed by atoms with Crippen molar-refractivity contribution >= 4 is 52.0 Å². The fourth-order valence-electron chi connectivity index (χ4n) is 4.07. The first-order valence-electron chi connectivity index (χ1n) is 10.9. The third kappa shape index (κ3) is 4.76. The SMILES string of the molecule is CC(=O)Nc1ccc(N2C(=O)C(=O)/C(=C(\O)c3cccc(Cl)c3)C2c2ccc(N(C)C)cc2)cc1. The zero-order valence-electron chi connectivity index (χ0n) is 19.4. The summed E-state index contributed by atoms with van der Waals surface area (Å²) in [6.07, 6.45) is 0. The predicted molar refractivity (Wildman–Crippen MR) is 138 cm³/mol. The molecule has 1 aliphatic rings. The maximum atomic E-state index is 13.3. The molecule has 3 aromatic carbocycles. The first-order chi connectivity index (χ1) is 16.7. The Balaban J connectivity index is 1.88. The normalized spacial score (nSPS) is 16.9. The zero-order valence-corrected chi connectivity index (χ0v) is 20.2. The minimum absolute atomic E-state index is 0.0270. The fourth-order valence-corrected chi connectivity index (χ4v) is 4.26. The van der Waals surface area contributed by atoms with Crippen molar-refractivity contribution in [3.05, 3.63) is 94.5 Å². The van der Waals surface area contributed by atoms with Gasteiger partial charge in [-0.15, -0.1) is 0 Å². The van der Waals surface area contributed by atoms with Crippen LogP contribution in [0.5, 0.6) is 0 Å². The molecule has 2 N–H and O–H groups in total. The Labute approximate surface area is 208 Å². The van der Waals surface area contributed by atoms with Crippen LogP contribution >= 0.6 is 11.6 Å². The highest BCUT2D eigenvalue weighted by atomic mass is 35.5. The lowest BCUT2D eigenvalue weighted by Gasteiger charge is -2.26. The molecule has 4 rings (SSSR count). The molecular formula is C27H24ClN3O4. The number of ketones is 1. The number of anilines is 3. The van der Waals surface area contributed by atoms with Crippen LogP contribution < -0.4 is 15.1 Å². The molecule has 1 aliphatic heterocycles. The molecule has 0 aromatic heterocycles. The van der Waals surface area contributed by atoms with E-state index < -0.39 is 17.7 Å². The minimum Gasteiger partial charge on any atom is -0.507 e. The average Bonchev–Trinajstić information content (AvgIpc) is 3.09. The quantitative estimate of drug-likeness (QED) is 0.299. The molecular weight excluding hydrogens is 466 g/mol. The molecule has 1 atom stereocenters. The molecule has 1 saturated heterocycles. The van der Waals surface area contributed by atoms with E-state index in [0.717, 1.165) is 5.69 Å². The number of amides is 2. The molecule has 1 heterocycles. The number of aliphatic hydroxyl groups is 1. The van der Waals surface area contributed by atoms with Crippen LogP contribution in [0.15, 0.2) is 78.4 Å². The van der Waals surface area contributed by atoms with E-state index in [4.69, 9.17) is 11.6 Å². The lowest BCUT2D eigenvalue weighted by molar-refractivity contribution is -0.132. The van der Waals surface area contributed by atoms with E-state index in [1.165, 1.54) is 11.8 Å². The standard InChI is InChI=1S/C27H24ClN3O4/c1-16(32)29-20-9-13-22(14-10-20)31-24(17-7-11-21(12-8-17)30(2)3)23(26(34)27(31)35)25(33)18-5-4-6-19(28)15-18/h4-15,24,33H,1-3H3,(H,29,32)/b25-23-. The summed E-state index contributed by atoms with van der Waals surface area (Å²) in [5, 5.41) is 14.3. The smallest absolute Gasteiger partial charge is 0.300 e. The van der Waals surface area contributed by atoms with Gasteiger partial charge in [-0.05, 0) is 54.1 Å². The Bertz CT molecular complexity index is 1330. The van der Waals surface area contributed by atoms with E-state index in [-0.39, 0.29) is 17.2 Å². The van der Waals surface area contributed by atoms with Gasteiger partial charge < -0.3 is 15.3 Å². The second-order valence-electron chi connectivity index (χ2n) is 8.39. The second kappa shape index (κ2) is 9.64. The molecule has 0 radical (unpaired) electrons. The van der Waals surface area contributed by atoms with Gasteiger partial charge in [0.05, 0.1) is 11.6 Å². The Morgan fingerprint density at radius 2 is 1.66 bits per heavy atom. The number of hydrogen-bond acceptors (Lipinski definition) is 5. The maximum absolute atomic E-state index is 13.3. The number of carbonyl (C=O) groups is 3. The van der Waals surface area contributed by atoms with Crippen molar-refractivity contribution in [3.8, 4) is 0 Å². The van der Waals surface area contributed by atoms with Crippen LogP contribution in [0.3, 0.4) is 0 Å². The van der Waals surface area contributed by atoms with Crippen molar-refractivity contribution in [1.29, 1.82) is 0 Å². The summed E-state index contributed by atoms with van der Waals surface area (Å²) in [6.45, 7) is 1.40. The second-order valence-corrected chi connectivity index (χ2v) is 8.83. The summed E-state index contributed by atoms with van der Waals surface area (Å²) < 4.78 is 0. The summed E-state index contributed by atoms with van der Waals surface area (Å²) >= 11 is 6.11. The van der Waals surface area contributed by atoms with Crippen molar-refractivity contribution in [3.63, 3.8) is 0 Å². The molecule has 0 spiro atoms. The number of rotatable bonds is 5. The Morgan fingerprint density at radius 1 is 1.00 bits per heavy atom. The first kappa shape index (κ1) is 24.0. The first-order valence-corrected chi connectivity index (χ1v) is 11.3. The molecule has 8 heteroatoms. The monoisotopic (exact) mass is 489 g/mol. The van der Waals surface area contributed by atoms with Crippen LogP contribution in [0.25, 0.3) is 5.76 Å². The summed E-state index contributed by atoms with van der Waals surface area (Å²) in [5.74, 6) is -2.08. The number of hydrogen-bond donors (Lipinski definition) is 2. The van der Waals surface area contributed by atoms with E-state index in [1.807, 2.05) is 43.3 Å². The van der Waals surface area contributed by atoms with Gasteiger partial charge in [0.1, 0.15) is 5.76 Å². The average molecular weight is 490 g/mol. The van der Waals surface area contributed by atoms with Gasteiger partial charge in [-0.2, -0.15) is 0 Å². The van der Waals surface area contributed by atoms with E-state index in [9.17, 15) is 19.5 Å².